The molecule has 0 aromatic carbocycles. The Morgan fingerprint density at radius 2 is 1.76 bits per heavy atom. The molecule has 2 N–H and O–H groups in total. The molecule has 0 aromatic heterocycles. The van der Waals surface area contributed by atoms with Crippen LogP contribution in [0.4, 0.5) is 0 Å². The van der Waals surface area contributed by atoms with Crippen molar-refractivity contribution in [2.24, 2.45) is 23.2 Å². The minimum atomic E-state index is 0. The molecule has 2 saturated carbocycles. The van der Waals surface area contributed by atoms with E-state index in [0.717, 1.165) is 31.3 Å². The summed E-state index contributed by atoms with van der Waals surface area (Å²) in [4.78, 5) is 12.4. The van der Waals surface area contributed by atoms with Crippen LogP contribution in [0.15, 0.2) is 0 Å². The van der Waals surface area contributed by atoms with Crippen molar-refractivity contribution in [1.29, 1.82) is 0 Å². The summed E-state index contributed by atoms with van der Waals surface area (Å²) in [6.07, 6.45) is 8.51. The quantitative estimate of drug-likeness (QED) is 0.840. The average Bonchev–Trinajstić information content (AvgIpc) is 3.14. The number of hydrogen-bond acceptors (Lipinski definition) is 2. The predicted molar refractivity (Wildman–Crippen MR) is 88.6 cm³/mol. The average molecular weight is 315 g/mol. The molecule has 2 aliphatic carbocycles. The molecule has 0 radical (unpaired) electrons. The van der Waals surface area contributed by atoms with E-state index >= 15 is 0 Å². The fraction of sp³-hybridized carbons (Fsp3) is 0.941. The first-order chi connectivity index (χ1) is 9.61. The van der Waals surface area contributed by atoms with Crippen molar-refractivity contribution in [2.75, 3.05) is 13.1 Å². The van der Waals surface area contributed by atoms with Crippen molar-refractivity contribution in [3.05, 3.63) is 0 Å². The zero-order chi connectivity index (χ0) is 14.2. The van der Waals surface area contributed by atoms with Crippen LogP contribution in [0.25, 0.3) is 0 Å². The number of hydrogen-bond donors (Lipinski definition) is 2. The van der Waals surface area contributed by atoms with Gasteiger partial charge in [0.15, 0.2) is 0 Å². The van der Waals surface area contributed by atoms with E-state index in [1.807, 2.05) is 0 Å². The van der Waals surface area contributed by atoms with Gasteiger partial charge in [-0.3, -0.25) is 4.79 Å². The van der Waals surface area contributed by atoms with Gasteiger partial charge in [0.25, 0.3) is 0 Å². The smallest absolute Gasteiger partial charge is 0.223 e. The Bertz CT molecular complexity index is 358. The highest BCUT2D eigenvalue weighted by Gasteiger charge is 2.57. The van der Waals surface area contributed by atoms with Gasteiger partial charge in [0.1, 0.15) is 0 Å². The highest BCUT2D eigenvalue weighted by molar-refractivity contribution is 5.85. The van der Waals surface area contributed by atoms with Crippen LogP contribution >= 0.6 is 12.4 Å². The van der Waals surface area contributed by atoms with Crippen LogP contribution in [0, 0.1) is 23.2 Å². The minimum absolute atomic E-state index is 0. The van der Waals surface area contributed by atoms with Gasteiger partial charge in [0.2, 0.25) is 5.91 Å². The van der Waals surface area contributed by atoms with Gasteiger partial charge in [-0.05, 0) is 75.3 Å². The molecule has 122 valence electrons. The fourth-order valence-electron chi connectivity index (χ4n) is 4.43. The topological polar surface area (TPSA) is 41.1 Å². The SMILES string of the molecule is CC(C)C1CCC(NC(=O)C2CC23CCNCC3)CC1.Cl. The predicted octanol–water partition coefficient (Wildman–Crippen LogP) is 3.13. The molecule has 0 bridgehead atoms. The van der Waals surface area contributed by atoms with Crippen LogP contribution < -0.4 is 10.6 Å². The van der Waals surface area contributed by atoms with Crippen molar-refractivity contribution in [2.45, 2.75) is 64.8 Å². The second-order valence-corrected chi connectivity index (χ2v) is 7.73. The fourth-order valence-corrected chi connectivity index (χ4v) is 4.43. The summed E-state index contributed by atoms with van der Waals surface area (Å²) in [5.74, 6) is 2.36. The first-order valence-corrected chi connectivity index (χ1v) is 8.62. The van der Waals surface area contributed by atoms with E-state index in [9.17, 15) is 4.79 Å². The largest absolute Gasteiger partial charge is 0.353 e. The third-order valence-corrected chi connectivity index (χ3v) is 6.17. The zero-order valence-corrected chi connectivity index (χ0v) is 14.3. The van der Waals surface area contributed by atoms with Crippen LogP contribution in [0.3, 0.4) is 0 Å². The minimum Gasteiger partial charge on any atom is -0.353 e. The van der Waals surface area contributed by atoms with Crippen LogP contribution in [0.5, 0.6) is 0 Å². The standard InChI is InChI=1S/C17H30N2O.ClH/c1-12(2)13-3-5-14(6-4-13)19-16(20)15-11-17(15)7-9-18-10-8-17;/h12-15,18H,3-11H2,1-2H3,(H,19,20);1H. The van der Waals surface area contributed by atoms with Gasteiger partial charge in [-0.15, -0.1) is 12.4 Å². The Balaban J connectivity index is 0.00000161. The number of nitrogens with one attached hydrogen (secondary N) is 2. The molecule has 1 saturated heterocycles. The van der Waals surface area contributed by atoms with E-state index in [0.29, 0.717) is 23.3 Å². The normalized spacial score (nSPS) is 34.3. The maximum absolute atomic E-state index is 12.4. The highest BCUT2D eigenvalue weighted by atomic mass is 35.5. The number of piperidine rings is 1. The van der Waals surface area contributed by atoms with Crippen LogP contribution in [0.1, 0.15) is 58.8 Å². The molecule has 3 aliphatic rings. The third kappa shape index (κ3) is 3.73. The van der Waals surface area contributed by atoms with E-state index in [-0.39, 0.29) is 12.4 Å². The Morgan fingerprint density at radius 1 is 1.14 bits per heavy atom. The summed E-state index contributed by atoms with van der Waals surface area (Å²) in [6, 6.07) is 0.455. The molecule has 0 aromatic rings. The Labute approximate surface area is 135 Å². The number of rotatable bonds is 3. The van der Waals surface area contributed by atoms with Crippen molar-refractivity contribution in [3.63, 3.8) is 0 Å². The van der Waals surface area contributed by atoms with E-state index in [1.54, 1.807) is 0 Å². The number of carbonyl (C=O) groups excluding carboxylic acids is 1. The molecule has 4 heteroatoms. The molecule has 3 fully saturated rings. The number of carbonyl (C=O) groups is 1. The van der Waals surface area contributed by atoms with Gasteiger partial charge in [0.05, 0.1) is 0 Å². The van der Waals surface area contributed by atoms with Gasteiger partial charge in [-0.2, -0.15) is 0 Å². The van der Waals surface area contributed by atoms with Crippen molar-refractivity contribution >= 4 is 18.3 Å². The lowest BCUT2D eigenvalue weighted by molar-refractivity contribution is -0.124. The molecule has 1 aliphatic heterocycles. The molecule has 3 rings (SSSR count). The van der Waals surface area contributed by atoms with Crippen molar-refractivity contribution in [3.8, 4) is 0 Å². The summed E-state index contributed by atoms with van der Waals surface area (Å²) in [5, 5.41) is 6.76. The molecule has 1 amide bonds. The lowest BCUT2D eigenvalue weighted by atomic mass is 9.79. The maximum atomic E-state index is 12.4. The molecule has 1 atom stereocenters. The van der Waals surface area contributed by atoms with E-state index in [4.69, 9.17) is 0 Å². The van der Waals surface area contributed by atoms with Crippen LogP contribution in [-0.2, 0) is 4.79 Å². The molecule has 21 heavy (non-hydrogen) atoms. The van der Waals surface area contributed by atoms with Gasteiger partial charge in [-0.1, -0.05) is 13.8 Å². The van der Waals surface area contributed by atoms with E-state index in [1.165, 1.54) is 38.5 Å². The summed E-state index contributed by atoms with van der Waals surface area (Å²) < 4.78 is 0. The van der Waals surface area contributed by atoms with Crippen LogP contribution in [0.2, 0.25) is 0 Å². The van der Waals surface area contributed by atoms with Crippen molar-refractivity contribution in [1.82, 2.24) is 10.6 Å². The van der Waals surface area contributed by atoms with Gasteiger partial charge < -0.3 is 10.6 Å². The molecule has 1 heterocycles. The molecule has 3 nitrogen and oxygen atoms in total. The number of halogens is 1. The summed E-state index contributed by atoms with van der Waals surface area (Å²) in [5.41, 5.74) is 0.379. The molecular weight excluding hydrogens is 284 g/mol. The molecular formula is C17H31ClN2O. The summed E-state index contributed by atoms with van der Waals surface area (Å²) in [7, 11) is 0. The second-order valence-electron chi connectivity index (χ2n) is 7.73. The Hall–Kier alpha value is -0.280. The van der Waals surface area contributed by atoms with E-state index in [2.05, 4.69) is 24.5 Å². The Morgan fingerprint density at radius 3 is 2.33 bits per heavy atom. The highest BCUT2D eigenvalue weighted by Crippen LogP contribution is 2.58. The van der Waals surface area contributed by atoms with E-state index < -0.39 is 0 Å². The summed E-state index contributed by atoms with van der Waals surface area (Å²) >= 11 is 0. The van der Waals surface area contributed by atoms with Crippen LogP contribution in [-0.4, -0.2) is 25.0 Å². The first kappa shape index (κ1) is 17.1. The summed E-state index contributed by atoms with van der Waals surface area (Å²) in [6.45, 7) is 6.86. The second kappa shape index (κ2) is 6.87. The molecule has 1 unspecified atom stereocenters. The lowest BCUT2D eigenvalue weighted by Gasteiger charge is -2.31. The van der Waals surface area contributed by atoms with Gasteiger partial charge in [0, 0.05) is 12.0 Å². The van der Waals surface area contributed by atoms with Crippen molar-refractivity contribution < 1.29 is 4.79 Å². The number of amides is 1. The third-order valence-electron chi connectivity index (χ3n) is 6.17. The molecule has 1 spiro atoms. The van der Waals surface area contributed by atoms with Gasteiger partial charge in [-0.25, -0.2) is 0 Å². The first-order valence-electron chi connectivity index (χ1n) is 8.62. The lowest BCUT2D eigenvalue weighted by Crippen LogP contribution is -2.40. The maximum Gasteiger partial charge on any atom is 0.223 e. The zero-order valence-electron chi connectivity index (χ0n) is 13.5. The van der Waals surface area contributed by atoms with Gasteiger partial charge >= 0.3 is 0 Å². The Kier molecular flexibility index (Phi) is 5.59. The monoisotopic (exact) mass is 314 g/mol.